The van der Waals surface area contributed by atoms with Gasteiger partial charge in [0.25, 0.3) is 5.91 Å². The summed E-state index contributed by atoms with van der Waals surface area (Å²) < 4.78 is 12.1. The maximum atomic E-state index is 13.8. The maximum Gasteiger partial charge on any atom is 0.620 e. The predicted octanol–water partition coefficient (Wildman–Crippen LogP) is 4.16. The van der Waals surface area contributed by atoms with Crippen molar-refractivity contribution < 1.29 is 23.7 Å². The van der Waals surface area contributed by atoms with E-state index in [9.17, 15) is 14.4 Å². The lowest BCUT2D eigenvalue weighted by molar-refractivity contribution is -0.133. The number of rotatable bonds is 11. The number of carbonyl (C=O) groups is 3. The Morgan fingerprint density at radius 3 is 2.63 bits per heavy atom. The summed E-state index contributed by atoms with van der Waals surface area (Å²) in [4.78, 5) is 43.9. The smallest absolute Gasteiger partial charge is 0.523 e. The van der Waals surface area contributed by atoms with Gasteiger partial charge >= 0.3 is 13.1 Å². The molecule has 10 heteroatoms. The van der Waals surface area contributed by atoms with Gasteiger partial charge in [-0.25, -0.2) is 4.79 Å². The Balaban J connectivity index is 1.93. The van der Waals surface area contributed by atoms with E-state index in [2.05, 4.69) is 27.9 Å². The number of hydrogen-bond donors (Lipinski definition) is 3. The largest absolute Gasteiger partial charge is 0.620 e. The molecule has 4 N–H and O–H groups in total. The molecule has 0 aromatic heterocycles. The van der Waals surface area contributed by atoms with Crippen LogP contribution in [0.4, 0.5) is 0 Å². The van der Waals surface area contributed by atoms with Gasteiger partial charge in [-0.05, 0) is 68.0 Å². The highest BCUT2D eigenvalue weighted by molar-refractivity contribution is 6.51. The molecule has 1 heterocycles. The Morgan fingerprint density at radius 2 is 1.95 bits per heavy atom. The summed E-state index contributed by atoms with van der Waals surface area (Å²) in [5.41, 5.74) is 11.0. The first-order chi connectivity index (χ1) is 20.6. The van der Waals surface area contributed by atoms with E-state index in [1.807, 2.05) is 57.2 Å². The third kappa shape index (κ3) is 9.35. The summed E-state index contributed by atoms with van der Waals surface area (Å²) in [7, 11) is -1.11. The minimum atomic E-state index is -1.11. The molecule has 3 rings (SSSR count). The van der Waals surface area contributed by atoms with Crippen molar-refractivity contribution in [2.45, 2.75) is 58.9 Å². The van der Waals surface area contributed by atoms with Crippen molar-refractivity contribution in [3.63, 3.8) is 0 Å². The van der Waals surface area contributed by atoms with Crippen LogP contribution in [0.2, 0.25) is 0 Å². The highest BCUT2D eigenvalue weighted by atomic mass is 16.6. The van der Waals surface area contributed by atoms with Crippen LogP contribution in [0.25, 0.3) is 0 Å². The first kappa shape index (κ1) is 32.7. The molecule has 0 saturated carbocycles. The zero-order chi connectivity index (χ0) is 31.4. The van der Waals surface area contributed by atoms with Crippen molar-refractivity contribution >= 4 is 30.6 Å². The second kappa shape index (κ2) is 16.0. The number of benzene rings is 1. The molecule has 0 radical (unpaired) electrons. The van der Waals surface area contributed by atoms with E-state index in [0.717, 1.165) is 11.1 Å². The van der Waals surface area contributed by atoms with E-state index >= 15 is 0 Å². The zero-order valence-corrected chi connectivity index (χ0v) is 25.1. The van der Waals surface area contributed by atoms with Gasteiger partial charge in [0.1, 0.15) is 17.5 Å². The maximum absolute atomic E-state index is 13.8. The van der Waals surface area contributed by atoms with E-state index in [1.54, 1.807) is 24.3 Å². The van der Waals surface area contributed by atoms with Crippen LogP contribution in [0.1, 0.15) is 46.1 Å². The van der Waals surface area contributed by atoms with Crippen LogP contribution in [0, 0.1) is 5.92 Å². The molecule has 224 valence electrons. The lowest BCUT2D eigenvalue weighted by Gasteiger charge is -2.32. The molecule has 1 aliphatic carbocycles. The summed E-state index contributed by atoms with van der Waals surface area (Å²) >= 11 is 0. The fourth-order valence-electron chi connectivity index (χ4n) is 4.56. The van der Waals surface area contributed by atoms with Gasteiger partial charge in [-0.15, -0.1) is 5.73 Å². The second-order valence-electron chi connectivity index (χ2n) is 10.6. The molecule has 2 atom stereocenters. The summed E-state index contributed by atoms with van der Waals surface area (Å²) in [5, 5.41) is 5.78. The van der Waals surface area contributed by atoms with Crippen molar-refractivity contribution in [1.29, 1.82) is 0 Å². The highest BCUT2D eigenvalue weighted by Crippen LogP contribution is 2.34. The van der Waals surface area contributed by atoms with Gasteiger partial charge in [0.05, 0.1) is 11.5 Å². The van der Waals surface area contributed by atoms with Crippen LogP contribution in [-0.2, 0) is 30.1 Å². The first-order valence-electron chi connectivity index (χ1n) is 14.2. The number of aliphatic imine (C=N–C) groups is 1. The van der Waals surface area contributed by atoms with Gasteiger partial charge in [0, 0.05) is 24.4 Å². The third-order valence-corrected chi connectivity index (χ3v) is 6.68. The van der Waals surface area contributed by atoms with Gasteiger partial charge in [0.2, 0.25) is 5.91 Å². The third-order valence-electron chi connectivity index (χ3n) is 6.68. The first-order valence-corrected chi connectivity index (χ1v) is 14.2. The fraction of sp³-hybridized carbons (Fsp3) is 0.303. The Kier molecular flexibility index (Phi) is 12.2. The molecule has 0 fully saturated rings. The standard InChI is InChI=1S/C33H39BN4O5/c1-6-7-9-16-26-23(4)13-12-17-27-30(26)42-34(43-33(27)41)29(20-22(2)3)38-32(40)28(21-25-14-10-8-11-15-25)37-31(39)24(5)36-19-18-35/h6,8-12,14-19,22,28-29H,4,13,20-21,35H2,1-3,5H3,(H,37,39)(H,38,40)/b19-18-,26-16+,36-24?/t7?,28?,29-/m0/s1. The molecular formula is C33H39BN4O5. The molecule has 2 aliphatic rings. The van der Waals surface area contributed by atoms with Crippen LogP contribution < -0.4 is 16.4 Å². The zero-order valence-electron chi connectivity index (χ0n) is 25.1. The fourth-order valence-corrected chi connectivity index (χ4v) is 4.56. The molecule has 0 spiro atoms. The van der Waals surface area contributed by atoms with Crippen LogP contribution in [0.3, 0.4) is 0 Å². The normalized spacial score (nSPS) is 17.5. The minimum Gasteiger partial charge on any atom is -0.523 e. The molecule has 2 amide bonds. The van der Waals surface area contributed by atoms with Crippen molar-refractivity contribution in [3.05, 3.63) is 113 Å². The van der Waals surface area contributed by atoms with E-state index in [0.29, 0.717) is 24.2 Å². The lowest BCUT2D eigenvalue weighted by Crippen LogP contribution is -2.57. The molecule has 43 heavy (non-hydrogen) atoms. The van der Waals surface area contributed by atoms with Gasteiger partial charge in [-0.1, -0.05) is 56.8 Å². The minimum absolute atomic E-state index is 0.110. The summed E-state index contributed by atoms with van der Waals surface area (Å²) in [6, 6.07) is 8.39. The van der Waals surface area contributed by atoms with Crippen molar-refractivity contribution in [1.82, 2.24) is 10.6 Å². The Bertz CT molecular complexity index is 1430. The monoisotopic (exact) mass is 582 g/mol. The quantitative estimate of drug-likeness (QED) is 0.204. The lowest BCUT2D eigenvalue weighted by atomic mass is 9.72. The highest BCUT2D eigenvalue weighted by Gasteiger charge is 2.44. The molecule has 0 saturated heterocycles. The molecule has 9 nitrogen and oxygen atoms in total. The number of amides is 2. The van der Waals surface area contributed by atoms with Crippen molar-refractivity contribution in [3.8, 4) is 0 Å². The summed E-state index contributed by atoms with van der Waals surface area (Å²) in [5.74, 6) is -1.80. The van der Waals surface area contributed by atoms with Gasteiger partial charge in [0.15, 0.2) is 0 Å². The Labute approximate surface area is 253 Å². The van der Waals surface area contributed by atoms with Crippen LogP contribution in [-0.4, -0.2) is 42.6 Å². The summed E-state index contributed by atoms with van der Waals surface area (Å²) in [6.07, 6.45) is 12.5. The van der Waals surface area contributed by atoms with Gasteiger partial charge in [-0.2, -0.15) is 0 Å². The molecule has 1 aromatic rings. The van der Waals surface area contributed by atoms with E-state index in [1.165, 1.54) is 19.3 Å². The van der Waals surface area contributed by atoms with Gasteiger partial charge in [-0.3, -0.25) is 14.6 Å². The number of allylic oxidation sites excluding steroid dienone is 4. The van der Waals surface area contributed by atoms with Crippen LogP contribution in [0.15, 0.2) is 113 Å². The van der Waals surface area contributed by atoms with E-state index in [-0.39, 0.29) is 23.6 Å². The van der Waals surface area contributed by atoms with Crippen molar-refractivity contribution in [2.24, 2.45) is 16.6 Å². The second-order valence-corrected chi connectivity index (χ2v) is 10.6. The topological polar surface area (TPSA) is 132 Å². The SMILES string of the molecule is C=C1CC=CC2=C(OB([C@H](CC(C)C)NC(=O)C(Cc3ccccc3)NC(=O)C(C)=N/C=C\N)OC2=O)/C1=C/C=C=CC. The molecule has 0 bridgehead atoms. The molecule has 1 aromatic carbocycles. The van der Waals surface area contributed by atoms with E-state index < -0.39 is 36.9 Å². The Hall–Kier alpha value is -4.82. The number of hydrogen-bond acceptors (Lipinski definition) is 7. The van der Waals surface area contributed by atoms with Crippen LogP contribution >= 0.6 is 0 Å². The molecule has 1 unspecified atom stereocenters. The number of nitrogens with zero attached hydrogens (tertiary/aromatic N) is 1. The number of nitrogens with one attached hydrogen (secondary N) is 2. The average molecular weight is 583 g/mol. The summed E-state index contributed by atoms with van der Waals surface area (Å²) in [6.45, 7) is 11.5. The Morgan fingerprint density at radius 1 is 1.21 bits per heavy atom. The van der Waals surface area contributed by atoms with Crippen LogP contribution in [0.5, 0.6) is 0 Å². The van der Waals surface area contributed by atoms with E-state index in [4.69, 9.17) is 15.0 Å². The molecule has 1 aliphatic heterocycles. The predicted molar refractivity (Wildman–Crippen MR) is 169 cm³/mol. The number of nitrogens with two attached hydrogens (primary N) is 1. The number of carbonyl (C=O) groups excluding carboxylic acids is 3. The van der Waals surface area contributed by atoms with Gasteiger partial charge < -0.3 is 25.7 Å². The van der Waals surface area contributed by atoms with Crippen molar-refractivity contribution in [2.75, 3.05) is 0 Å². The molecular weight excluding hydrogens is 543 g/mol. The average Bonchev–Trinajstić information content (AvgIpc) is 3.14.